The molecule has 15 heavy (non-hydrogen) atoms. The van der Waals surface area contributed by atoms with Gasteiger partial charge in [0.2, 0.25) is 0 Å². The molecule has 0 aliphatic carbocycles. The van der Waals surface area contributed by atoms with Crippen molar-refractivity contribution in [3.63, 3.8) is 0 Å². The predicted molar refractivity (Wildman–Crippen MR) is 56.5 cm³/mol. The Labute approximate surface area is 90.7 Å². The third kappa shape index (κ3) is 2.21. The molecule has 6 heteroatoms. The molecule has 0 saturated heterocycles. The van der Waals surface area contributed by atoms with Crippen LogP contribution in [0.5, 0.6) is 0 Å². The van der Waals surface area contributed by atoms with E-state index in [-0.39, 0.29) is 5.91 Å². The molecule has 0 spiro atoms. The summed E-state index contributed by atoms with van der Waals surface area (Å²) in [5.74, 6) is -0.130. The van der Waals surface area contributed by atoms with Crippen molar-refractivity contribution in [2.24, 2.45) is 0 Å². The molecule has 5 nitrogen and oxygen atoms in total. The number of carbonyl (C=O) groups excluding carboxylic acids is 1. The van der Waals surface area contributed by atoms with Crippen LogP contribution in [-0.2, 0) is 6.54 Å². The van der Waals surface area contributed by atoms with Crippen molar-refractivity contribution in [1.29, 1.82) is 0 Å². The number of aromatic nitrogens is 3. The molecule has 0 aromatic carbocycles. The lowest BCUT2D eigenvalue weighted by Crippen LogP contribution is -2.26. The predicted octanol–water partition coefficient (Wildman–Crippen LogP) is 1.14. The average Bonchev–Trinajstić information content (AvgIpc) is 2.88. The van der Waals surface area contributed by atoms with Crippen LogP contribution in [0, 0.1) is 0 Å². The normalized spacial score (nSPS) is 10.2. The molecule has 0 aliphatic heterocycles. The highest BCUT2D eigenvalue weighted by Crippen LogP contribution is 2.09. The molecule has 0 saturated carbocycles. The van der Waals surface area contributed by atoms with E-state index in [1.54, 1.807) is 23.3 Å². The second-order valence-corrected chi connectivity index (χ2v) is 3.93. The lowest BCUT2D eigenvalue weighted by atomic mass is 10.3. The monoisotopic (exact) mass is 222 g/mol. The highest BCUT2D eigenvalue weighted by molar-refractivity contribution is 7.07. The molecule has 0 radical (unpaired) electrons. The zero-order valence-electron chi connectivity index (χ0n) is 8.17. The van der Waals surface area contributed by atoms with Crippen molar-refractivity contribution in [1.82, 2.24) is 20.3 Å². The van der Waals surface area contributed by atoms with E-state index in [0.717, 1.165) is 5.56 Å². The van der Waals surface area contributed by atoms with E-state index < -0.39 is 0 Å². The fraction of sp³-hybridized carbons (Fsp3) is 0.222. The van der Waals surface area contributed by atoms with E-state index in [0.29, 0.717) is 12.2 Å². The number of aromatic amines is 1. The van der Waals surface area contributed by atoms with Gasteiger partial charge in [0.25, 0.3) is 5.91 Å². The molecule has 1 amide bonds. The minimum Gasteiger partial charge on any atom is -0.336 e. The van der Waals surface area contributed by atoms with Crippen LogP contribution >= 0.6 is 11.3 Å². The smallest absolute Gasteiger partial charge is 0.276 e. The molecule has 2 aromatic heterocycles. The van der Waals surface area contributed by atoms with E-state index in [1.165, 1.54) is 6.20 Å². The van der Waals surface area contributed by atoms with E-state index in [1.807, 2.05) is 16.8 Å². The fourth-order valence-corrected chi connectivity index (χ4v) is 1.89. The van der Waals surface area contributed by atoms with Crippen LogP contribution in [0.4, 0.5) is 0 Å². The summed E-state index contributed by atoms with van der Waals surface area (Å²) in [7, 11) is 1.74. The summed E-state index contributed by atoms with van der Waals surface area (Å²) < 4.78 is 0. The highest BCUT2D eigenvalue weighted by atomic mass is 32.1. The van der Waals surface area contributed by atoms with Gasteiger partial charge in [-0.2, -0.15) is 26.7 Å². The Hall–Kier alpha value is -1.69. The van der Waals surface area contributed by atoms with Gasteiger partial charge in [-0.3, -0.25) is 4.79 Å². The van der Waals surface area contributed by atoms with Crippen LogP contribution in [0.15, 0.2) is 23.0 Å². The SMILES string of the molecule is CN(Cc1ccsc1)C(=O)c1cn[nH]n1. The van der Waals surface area contributed by atoms with Gasteiger partial charge in [0.15, 0.2) is 5.69 Å². The van der Waals surface area contributed by atoms with Crippen LogP contribution in [0.1, 0.15) is 16.1 Å². The van der Waals surface area contributed by atoms with Crippen molar-refractivity contribution in [3.8, 4) is 0 Å². The second kappa shape index (κ2) is 4.22. The van der Waals surface area contributed by atoms with Crippen molar-refractivity contribution in [2.45, 2.75) is 6.54 Å². The Morgan fingerprint density at radius 2 is 2.53 bits per heavy atom. The van der Waals surface area contributed by atoms with Crippen LogP contribution in [0.2, 0.25) is 0 Å². The maximum Gasteiger partial charge on any atom is 0.276 e. The molecule has 0 bridgehead atoms. The Morgan fingerprint density at radius 3 is 3.13 bits per heavy atom. The maximum absolute atomic E-state index is 11.7. The van der Waals surface area contributed by atoms with Gasteiger partial charge in [0.1, 0.15) is 0 Å². The summed E-state index contributed by atoms with van der Waals surface area (Å²) in [5.41, 5.74) is 1.46. The molecular formula is C9H10N4OS. The lowest BCUT2D eigenvalue weighted by Gasteiger charge is -2.14. The second-order valence-electron chi connectivity index (χ2n) is 3.15. The van der Waals surface area contributed by atoms with Crippen molar-refractivity contribution in [2.75, 3.05) is 7.05 Å². The number of thiophene rings is 1. The van der Waals surface area contributed by atoms with Gasteiger partial charge < -0.3 is 4.90 Å². The van der Waals surface area contributed by atoms with E-state index >= 15 is 0 Å². The molecule has 2 rings (SSSR count). The topological polar surface area (TPSA) is 61.9 Å². The minimum absolute atomic E-state index is 0.130. The number of carbonyl (C=O) groups is 1. The summed E-state index contributed by atoms with van der Waals surface area (Å²) in [6.45, 7) is 0.592. The Kier molecular flexibility index (Phi) is 2.77. The molecule has 0 aliphatic rings. The summed E-state index contributed by atoms with van der Waals surface area (Å²) in [4.78, 5) is 13.3. The largest absolute Gasteiger partial charge is 0.336 e. The van der Waals surface area contributed by atoms with Gasteiger partial charge in [-0.05, 0) is 22.4 Å². The first-order chi connectivity index (χ1) is 7.27. The van der Waals surface area contributed by atoms with Gasteiger partial charge >= 0.3 is 0 Å². The number of hydrogen-bond donors (Lipinski definition) is 1. The van der Waals surface area contributed by atoms with Gasteiger partial charge in [-0.15, -0.1) is 0 Å². The third-order valence-electron chi connectivity index (χ3n) is 1.98. The third-order valence-corrected chi connectivity index (χ3v) is 2.71. The number of nitrogens with zero attached hydrogens (tertiary/aromatic N) is 3. The fourth-order valence-electron chi connectivity index (χ4n) is 1.23. The molecular weight excluding hydrogens is 212 g/mol. The van der Waals surface area contributed by atoms with E-state index in [9.17, 15) is 4.79 Å². The minimum atomic E-state index is -0.130. The molecule has 1 N–H and O–H groups in total. The first-order valence-corrected chi connectivity index (χ1v) is 5.34. The molecule has 2 aromatic rings. The van der Waals surface area contributed by atoms with E-state index in [2.05, 4.69) is 15.4 Å². The zero-order chi connectivity index (χ0) is 10.7. The quantitative estimate of drug-likeness (QED) is 0.847. The number of nitrogens with one attached hydrogen (secondary N) is 1. The molecule has 0 unspecified atom stereocenters. The first-order valence-electron chi connectivity index (χ1n) is 4.39. The van der Waals surface area contributed by atoms with Crippen molar-refractivity contribution < 1.29 is 4.79 Å². The number of hydrogen-bond acceptors (Lipinski definition) is 4. The standard InChI is InChI=1S/C9H10N4OS/c1-13(5-7-2-3-15-6-7)9(14)8-4-10-12-11-8/h2-4,6H,5H2,1H3,(H,10,11,12). The Morgan fingerprint density at radius 1 is 1.67 bits per heavy atom. The highest BCUT2D eigenvalue weighted by Gasteiger charge is 2.14. The molecule has 0 atom stereocenters. The Balaban J connectivity index is 2.03. The van der Waals surface area contributed by atoms with Crippen LogP contribution in [-0.4, -0.2) is 33.3 Å². The van der Waals surface area contributed by atoms with Crippen molar-refractivity contribution in [3.05, 3.63) is 34.3 Å². The molecule has 0 fully saturated rings. The molecule has 2 heterocycles. The van der Waals surface area contributed by atoms with Gasteiger partial charge in [-0.25, -0.2) is 0 Å². The number of H-pyrrole nitrogens is 1. The van der Waals surface area contributed by atoms with Crippen LogP contribution in [0.3, 0.4) is 0 Å². The van der Waals surface area contributed by atoms with Crippen molar-refractivity contribution >= 4 is 17.2 Å². The van der Waals surface area contributed by atoms with Gasteiger partial charge in [-0.1, -0.05) is 0 Å². The van der Waals surface area contributed by atoms with Gasteiger partial charge in [0, 0.05) is 13.6 Å². The summed E-state index contributed by atoms with van der Waals surface area (Å²) in [5, 5.41) is 13.8. The number of rotatable bonds is 3. The zero-order valence-corrected chi connectivity index (χ0v) is 8.99. The van der Waals surface area contributed by atoms with Gasteiger partial charge in [0.05, 0.1) is 6.20 Å². The first kappa shape index (κ1) is 9.85. The average molecular weight is 222 g/mol. The van der Waals surface area contributed by atoms with E-state index in [4.69, 9.17) is 0 Å². The lowest BCUT2D eigenvalue weighted by molar-refractivity contribution is 0.0779. The molecule has 78 valence electrons. The summed E-state index contributed by atoms with van der Waals surface area (Å²) in [6.07, 6.45) is 1.42. The van der Waals surface area contributed by atoms with Crippen LogP contribution < -0.4 is 0 Å². The summed E-state index contributed by atoms with van der Waals surface area (Å²) in [6, 6.07) is 2.00. The summed E-state index contributed by atoms with van der Waals surface area (Å²) >= 11 is 1.62. The van der Waals surface area contributed by atoms with Crippen LogP contribution in [0.25, 0.3) is 0 Å². The maximum atomic E-state index is 11.7. The number of amides is 1. The Bertz CT molecular complexity index is 423.